The van der Waals surface area contributed by atoms with E-state index >= 15 is 0 Å². The Balaban J connectivity index is 0.00000121. The lowest BCUT2D eigenvalue weighted by atomic mass is 10.1. The van der Waals surface area contributed by atoms with Gasteiger partial charge in [-0.05, 0) is 13.6 Å². The average molecular weight is 204 g/mol. The molecule has 3 nitrogen and oxygen atoms in total. The van der Waals surface area contributed by atoms with Gasteiger partial charge in [0.15, 0.2) is 0 Å². The number of hydrogen-bond acceptors (Lipinski definition) is 3. The Morgan fingerprint density at radius 3 is 2.08 bits per heavy atom. The third-order valence-electron chi connectivity index (χ3n) is 1.52. The lowest BCUT2D eigenvalue weighted by Crippen LogP contribution is -2.35. The molecule has 0 atom stereocenters. The fourth-order valence-corrected chi connectivity index (χ4v) is 0.715. The summed E-state index contributed by atoms with van der Waals surface area (Å²) in [6.45, 7) is 0.270. The lowest BCUT2D eigenvalue weighted by Gasteiger charge is -2.13. The zero-order chi connectivity index (χ0) is 8.54. The molecule has 0 saturated carbocycles. The van der Waals surface area contributed by atoms with E-state index in [1.165, 1.54) is 0 Å². The van der Waals surface area contributed by atoms with Gasteiger partial charge in [0.1, 0.15) is 0 Å². The molecule has 0 aromatic heterocycles. The lowest BCUT2D eigenvalue weighted by molar-refractivity contribution is -0.164. The third kappa shape index (κ3) is 2.07. The summed E-state index contributed by atoms with van der Waals surface area (Å²) in [5, 5.41) is 8.62. The molecule has 12 heavy (non-hydrogen) atoms. The molecule has 1 aliphatic rings. The van der Waals surface area contributed by atoms with E-state index < -0.39 is 11.8 Å². The van der Waals surface area contributed by atoms with Crippen molar-refractivity contribution in [3.05, 3.63) is 0 Å². The summed E-state index contributed by atoms with van der Waals surface area (Å²) in [6, 6.07) is 0. The van der Waals surface area contributed by atoms with Gasteiger partial charge in [0.25, 0.3) is 5.66 Å². The van der Waals surface area contributed by atoms with Gasteiger partial charge < -0.3 is 5.32 Å². The number of alkyl halides is 3. The van der Waals surface area contributed by atoms with Crippen LogP contribution in [0.5, 0.6) is 0 Å². The van der Waals surface area contributed by atoms with Crippen LogP contribution >= 0.6 is 12.4 Å². The molecule has 0 bridgehead atoms. The van der Waals surface area contributed by atoms with Crippen molar-refractivity contribution in [2.45, 2.75) is 18.3 Å². The molecule has 1 rings (SSSR count). The van der Waals surface area contributed by atoms with E-state index in [1.807, 2.05) is 0 Å². The highest BCUT2D eigenvalue weighted by molar-refractivity contribution is 5.85. The molecule has 1 N–H and O–H groups in total. The first kappa shape index (κ1) is 11.6. The summed E-state index contributed by atoms with van der Waals surface area (Å²) < 4.78 is 36.0. The zero-order valence-electron chi connectivity index (χ0n) is 6.35. The van der Waals surface area contributed by atoms with Crippen LogP contribution in [-0.2, 0) is 0 Å². The van der Waals surface area contributed by atoms with Crippen molar-refractivity contribution in [3.63, 3.8) is 0 Å². The SMILES string of the molecule is CNCCC1(C(F)(F)F)N=N1.Cl. The average Bonchev–Trinajstić information content (AvgIpc) is 2.61. The fourth-order valence-electron chi connectivity index (χ4n) is 0.715. The number of halogens is 4. The molecule has 0 amide bonds. The van der Waals surface area contributed by atoms with Crippen molar-refractivity contribution in [2.24, 2.45) is 10.2 Å². The standard InChI is InChI=1S/C5H8F3N3.ClH/c1-9-3-2-4(10-11-4)5(6,7)8;/h9H,2-3H2,1H3;1H. The van der Waals surface area contributed by atoms with E-state index in [0.29, 0.717) is 0 Å². The molecule has 0 fully saturated rings. The van der Waals surface area contributed by atoms with Crippen LogP contribution in [0.3, 0.4) is 0 Å². The monoisotopic (exact) mass is 203 g/mol. The van der Waals surface area contributed by atoms with Crippen molar-refractivity contribution in [3.8, 4) is 0 Å². The predicted molar refractivity (Wildman–Crippen MR) is 39.4 cm³/mol. The maximum absolute atomic E-state index is 12.0. The van der Waals surface area contributed by atoms with Crippen molar-refractivity contribution in [1.82, 2.24) is 5.32 Å². The zero-order valence-corrected chi connectivity index (χ0v) is 7.17. The van der Waals surface area contributed by atoms with Crippen LogP contribution in [0.1, 0.15) is 6.42 Å². The molecule has 0 radical (unpaired) electrons. The Bertz CT molecular complexity index is 173. The Hall–Kier alpha value is -0.360. The van der Waals surface area contributed by atoms with Crippen molar-refractivity contribution >= 4 is 12.4 Å². The molecule has 1 heterocycles. The summed E-state index contributed by atoms with van der Waals surface area (Å²) in [5.74, 6) is 0. The van der Waals surface area contributed by atoms with Gasteiger partial charge in [-0.2, -0.15) is 13.2 Å². The van der Waals surface area contributed by atoms with Gasteiger partial charge in [0, 0.05) is 6.42 Å². The van der Waals surface area contributed by atoms with Crippen LogP contribution in [0.2, 0.25) is 0 Å². The molecule has 0 aromatic rings. The van der Waals surface area contributed by atoms with Crippen LogP contribution in [0, 0.1) is 0 Å². The highest BCUT2D eigenvalue weighted by atomic mass is 35.5. The van der Waals surface area contributed by atoms with Gasteiger partial charge in [-0.25, -0.2) is 0 Å². The maximum Gasteiger partial charge on any atom is 0.437 e. The first-order chi connectivity index (χ1) is 5.02. The Kier molecular flexibility index (Phi) is 3.46. The minimum Gasteiger partial charge on any atom is -0.320 e. The molecular formula is C5H9ClF3N3. The molecule has 1 aliphatic heterocycles. The highest BCUT2D eigenvalue weighted by Crippen LogP contribution is 2.46. The van der Waals surface area contributed by atoms with Gasteiger partial charge in [-0.3, -0.25) is 0 Å². The highest BCUT2D eigenvalue weighted by Gasteiger charge is 2.63. The smallest absolute Gasteiger partial charge is 0.320 e. The number of nitrogens with one attached hydrogen (secondary N) is 1. The topological polar surface area (TPSA) is 36.8 Å². The van der Waals surface area contributed by atoms with Gasteiger partial charge in [0.2, 0.25) is 0 Å². The maximum atomic E-state index is 12.0. The largest absolute Gasteiger partial charge is 0.437 e. The van der Waals surface area contributed by atoms with Crippen LogP contribution in [0.15, 0.2) is 10.2 Å². The van der Waals surface area contributed by atoms with Gasteiger partial charge in [-0.1, -0.05) is 0 Å². The second-order valence-corrected chi connectivity index (χ2v) is 2.37. The van der Waals surface area contributed by atoms with Crippen LogP contribution < -0.4 is 5.32 Å². The van der Waals surface area contributed by atoms with Crippen molar-refractivity contribution in [1.29, 1.82) is 0 Å². The minimum atomic E-state index is -4.32. The van der Waals surface area contributed by atoms with Crippen molar-refractivity contribution in [2.75, 3.05) is 13.6 Å². The van der Waals surface area contributed by atoms with E-state index in [1.54, 1.807) is 7.05 Å². The molecule has 7 heteroatoms. The summed E-state index contributed by atoms with van der Waals surface area (Å²) in [5.41, 5.74) is -2.07. The van der Waals surface area contributed by atoms with Gasteiger partial charge >= 0.3 is 6.18 Å². The van der Waals surface area contributed by atoms with E-state index in [-0.39, 0.29) is 25.4 Å². The predicted octanol–water partition coefficient (Wildman–Crippen LogP) is 1.74. The van der Waals surface area contributed by atoms with Crippen LogP contribution in [-0.4, -0.2) is 25.4 Å². The Labute approximate surface area is 73.8 Å². The number of hydrogen-bond donors (Lipinski definition) is 1. The molecular weight excluding hydrogens is 195 g/mol. The Morgan fingerprint density at radius 1 is 1.33 bits per heavy atom. The summed E-state index contributed by atoms with van der Waals surface area (Å²) in [7, 11) is 1.59. The first-order valence-electron chi connectivity index (χ1n) is 3.17. The second-order valence-electron chi connectivity index (χ2n) is 2.37. The van der Waals surface area contributed by atoms with Crippen molar-refractivity contribution < 1.29 is 13.2 Å². The van der Waals surface area contributed by atoms with Gasteiger partial charge in [-0.15, -0.1) is 22.6 Å². The second kappa shape index (κ2) is 3.57. The number of rotatable bonds is 3. The quantitative estimate of drug-likeness (QED) is 0.745. The Morgan fingerprint density at radius 2 is 1.83 bits per heavy atom. The van der Waals surface area contributed by atoms with E-state index in [0.717, 1.165) is 0 Å². The summed E-state index contributed by atoms with van der Waals surface area (Å²) >= 11 is 0. The van der Waals surface area contributed by atoms with Gasteiger partial charge in [0.05, 0.1) is 0 Å². The van der Waals surface area contributed by atoms with Crippen LogP contribution in [0.25, 0.3) is 0 Å². The van der Waals surface area contributed by atoms with E-state index in [2.05, 4.69) is 15.5 Å². The molecule has 0 spiro atoms. The number of nitrogens with zero attached hydrogens (tertiary/aromatic N) is 2. The first-order valence-corrected chi connectivity index (χ1v) is 3.17. The normalized spacial score (nSPS) is 18.7. The van der Waals surface area contributed by atoms with E-state index in [9.17, 15) is 13.2 Å². The van der Waals surface area contributed by atoms with E-state index in [4.69, 9.17) is 0 Å². The molecule has 72 valence electrons. The fraction of sp³-hybridized carbons (Fsp3) is 1.00. The molecule has 0 aromatic carbocycles. The summed E-state index contributed by atoms with van der Waals surface area (Å²) in [6.07, 6.45) is -4.42. The molecule has 0 unspecified atom stereocenters. The van der Waals surface area contributed by atoms with Crippen LogP contribution in [0.4, 0.5) is 13.2 Å². The third-order valence-corrected chi connectivity index (χ3v) is 1.52. The minimum absolute atomic E-state index is 0. The molecule has 0 saturated heterocycles. The molecule has 0 aliphatic carbocycles. The summed E-state index contributed by atoms with van der Waals surface area (Å²) in [4.78, 5) is 0.